The minimum atomic E-state index is -0.126. The summed E-state index contributed by atoms with van der Waals surface area (Å²) in [5, 5.41) is 0.692. The van der Waals surface area contributed by atoms with Crippen LogP contribution in [0.5, 0.6) is 0 Å². The Kier molecular flexibility index (Phi) is 4.45. The van der Waals surface area contributed by atoms with Gasteiger partial charge in [0.2, 0.25) is 5.91 Å². The lowest BCUT2D eigenvalue weighted by Gasteiger charge is -2.33. The Hall–Kier alpha value is -1.14. The molecular formula is C15H21ClN4O. The summed E-state index contributed by atoms with van der Waals surface area (Å²) in [6.45, 7) is 2.13. The number of halogens is 1. The molecule has 0 radical (unpaired) electrons. The molecule has 2 heterocycles. The largest absolute Gasteiger partial charge is 0.342 e. The second-order valence-corrected chi connectivity index (χ2v) is 6.20. The number of benzene rings is 1. The van der Waals surface area contributed by atoms with Gasteiger partial charge in [0.15, 0.2) is 0 Å². The number of rotatable bonds is 2. The summed E-state index contributed by atoms with van der Waals surface area (Å²) in [5.74, 6) is 0.0588. The molecule has 2 saturated heterocycles. The van der Waals surface area contributed by atoms with E-state index in [0.717, 1.165) is 31.5 Å². The maximum Gasteiger partial charge on any atom is 0.229 e. The molecular weight excluding hydrogens is 288 g/mol. The number of carbonyl (C=O) groups is 1. The first-order chi connectivity index (χ1) is 10.2. The molecule has 0 spiro atoms. The topological polar surface area (TPSA) is 70.4 Å². The number of hydrogen-bond donors (Lipinski definition) is 3. The number of hydrazine groups is 1. The first kappa shape index (κ1) is 14.8. The van der Waals surface area contributed by atoms with Gasteiger partial charge >= 0.3 is 0 Å². The zero-order valence-electron chi connectivity index (χ0n) is 11.9. The van der Waals surface area contributed by atoms with Crippen LogP contribution in [0.4, 0.5) is 0 Å². The quantitative estimate of drug-likeness (QED) is 0.764. The zero-order chi connectivity index (χ0) is 14.8. The molecule has 2 aliphatic heterocycles. The lowest BCUT2D eigenvalue weighted by Crippen LogP contribution is -2.46. The monoisotopic (exact) mass is 308 g/mol. The molecule has 0 aliphatic carbocycles. The van der Waals surface area contributed by atoms with Gasteiger partial charge < -0.3 is 10.6 Å². The molecule has 6 heteroatoms. The predicted octanol–water partition coefficient (Wildman–Crippen LogP) is 1.05. The van der Waals surface area contributed by atoms with E-state index in [2.05, 4.69) is 10.9 Å². The Balaban J connectivity index is 1.75. The molecule has 1 amide bonds. The Morgan fingerprint density at radius 1 is 1.29 bits per heavy atom. The van der Waals surface area contributed by atoms with Crippen LogP contribution in [0.3, 0.4) is 0 Å². The van der Waals surface area contributed by atoms with Gasteiger partial charge in [-0.1, -0.05) is 29.8 Å². The van der Waals surface area contributed by atoms with Crippen molar-refractivity contribution in [3.05, 3.63) is 34.9 Å². The van der Waals surface area contributed by atoms with Crippen molar-refractivity contribution in [3.8, 4) is 0 Å². The molecule has 3 rings (SSSR count). The summed E-state index contributed by atoms with van der Waals surface area (Å²) in [5.41, 5.74) is 13.2. The highest BCUT2D eigenvalue weighted by molar-refractivity contribution is 6.31. The Morgan fingerprint density at radius 3 is 2.71 bits per heavy atom. The van der Waals surface area contributed by atoms with Crippen molar-refractivity contribution in [2.75, 3.05) is 19.6 Å². The summed E-state index contributed by atoms with van der Waals surface area (Å²) in [4.78, 5) is 14.7. The van der Waals surface area contributed by atoms with E-state index in [1.165, 1.54) is 0 Å². The SMILES string of the molecule is NC1CCN(C(=O)C2CNNC2c2ccccc2Cl)CC1. The van der Waals surface area contributed by atoms with Crippen molar-refractivity contribution in [2.24, 2.45) is 11.7 Å². The lowest BCUT2D eigenvalue weighted by molar-refractivity contribution is -0.136. The van der Waals surface area contributed by atoms with E-state index >= 15 is 0 Å². The molecule has 5 nitrogen and oxygen atoms in total. The van der Waals surface area contributed by atoms with Gasteiger partial charge in [-0.25, -0.2) is 5.43 Å². The van der Waals surface area contributed by atoms with Crippen LogP contribution in [0.2, 0.25) is 5.02 Å². The van der Waals surface area contributed by atoms with E-state index < -0.39 is 0 Å². The molecule has 21 heavy (non-hydrogen) atoms. The molecule has 0 aromatic heterocycles. The highest BCUT2D eigenvalue weighted by atomic mass is 35.5. The van der Waals surface area contributed by atoms with Crippen LogP contribution >= 0.6 is 11.6 Å². The smallest absolute Gasteiger partial charge is 0.229 e. The molecule has 2 atom stereocenters. The fourth-order valence-electron chi connectivity index (χ4n) is 3.10. The summed E-state index contributed by atoms with van der Waals surface area (Å²) in [7, 11) is 0. The summed E-state index contributed by atoms with van der Waals surface area (Å²) < 4.78 is 0. The summed E-state index contributed by atoms with van der Waals surface area (Å²) >= 11 is 6.27. The molecule has 1 aromatic rings. The highest BCUT2D eigenvalue weighted by Gasteiger charge is 2.37. The number of nitrogens with one attached hydrogen (secondary N) is 2. The minimum Gasteiger partial charge on any atom is -0.342 e. The maximum absolute atomic E-state index is 12.8. The molecule has 2 unspecified atom stereocenters. The van der Waals surface area contributed by atoms with Gasteiger partial charge in [0.05, 0.1) is 12.0 Å². The molecule has 114 valence electrons. The highest BCUT2D eigenvalue weighted by Crippen LogP contribution is 2.31. The second kappa shape index (κ2) is 6.32. The molecule has 2 aliphatic rings. The minimum absolute atomic E-state index is 0.0817. The van der Waals surface area contributed by atoms with Crippen molar-refractivity contribution in [1.29, 1.82) is 0 Å². The van der Waals surface area contributed by atoms with Crippen LogP contribution in [0.15, 0.2) is 24.3 Å². The third-order valence-corrected chi connectivity index (χ3v) is 4.73. The molecule has 1 aromatic carbocycles. The van der Waals surface area contributed by atoms with Gasteiger partial charge in [-0.2, -0.15) is 0 Å². The fourth-order valence-corrected chi connectivity index (χ4v) is 3.36. The second-order valence-electron chi connectivity index (χ2n) is 5.79. The number of nitrogens with zero attached hydrogens (tertiary/aromatic N) is 1. The van der Waals surface area contributed by atoms with Gasteiger partial charge in [-0.3, -0.25) is 10.2 Å². The number of piperidine rings is 1. The predicted molar refractivity (Wildman–Crippen MR) is 82.6 cm³/mol. The van der Waals surface area contributed by atoms with Gasteiger partial charge in [0, 0.05) is 30.7 Å². The van der Waals surface area contributed by atoms with E-state index in [4.69, 9.17) is 17.3 Å². The average molecular weight is 309 g/mol. The van der Waals surface area contributed by atoms with Crippen LogP contribution in [0.1, 0.15) is 24.4 Å². The van der Waals surface area contributed by atoms with Crippen molar-refractivity contribution in [1.82, 2.24) is 15.8 Å². The van der Waals surface area contributed by atoms with Crippen LogP contribution in [0, 0.1) is 5.92 Å². The molecule has 0 bridgehead atoms. The van der Waals surface area contributed by atoms with Gasteiger partial charge in [0.25, 0.3) is 0 Å². The Morgan fingerprint density at radius 2 is 2.00 bits per heavy atom. The van der Waals surface area contributed by atoms with E-state index in [-0.39, 0.29) is 23.9 Å². The van der Waals surface area contributed by atoms with Crippen molar-refractivity contribution < 1.29 is 4.79 Å². The Labute approximate surface area is 129 Å². The molecule has 2 fully saturated rings. The third-order valence-electron chi connectivity index (χ3n) is 4.39. The molecule has 0 saturated carbocycles. The Bertz CT molecular complexity index is 516. The van der Waals surface area contributed by atoms with Crippen molar-refractivity contribution in [2.45, 2.75) is 24.9 Å². The number of hydrogen-bond acceptors (Lipinski definition) is 4. The van der Waals surface area contributed by atoms with E-state index in [0.29, 0.717) is 11.6 Å². The van der Waals surface area contributed by atoms with Crippen LogP contribution in [0.25, 0.3) is 0 Å². The third kappa shape index (κ3) is 3.06. The number of likely N-dealkylation sites (tertiary alicyclic amines) is 1. The van der Waals surface area contributed by atoms with E-state index in [9.17, 15) is 4.79 Å². The average Bonchev–Trinajstić information content (AvgIpc) is 2.97. The number of amides is 1. The van der Waals surface area contributed by atoms with E-state index in [1.807, 2.05) is 29.2 Å². The summed E-state index contributed by atoms with van der Waals surface area (Å²) in [6.07, 6.45) is 1.77. The fraction of sp³-hybridized carbons (Fsp3) is 0.533. The van der Waals surface area contributed by atoms with Crippen LogP contribution < -0.4 is 16.6 Å². The van der Waals surface area contributed by atoms with Crippen LogP contribution in [-0.2, 0) is 4.79 Å². The first-order valence-electron chi connectivity index (χ1n) is 7.44. The van der Waals surface area contributed by atoms with Crippen LogP contribution in [-0.4, -0.2) is 36.5 Å². The van der Waals surface area contributed by atoms with Crippen molar-refractivity contribution in [3.63, 3.8) is 0 Å². The van der Waals surface area contributed by atoms with Crippen molar-refractivity contribution >= 4 is 17.5 Å². The summed E-state index contributed by atoms with van der Waals surface area (Å²) in [6, 6.07) is 7.83. The van der Waals surface area contributed by atoms with Gasteiger partial charge in [-0.15, -0.1) is 0 Å². The lowest BCUT2D eigenvalue weighted by atomic mass is 9.92. The number of nitrogens with two attached hydrogens (primary N) is 1. The molecule has 4 N–H and O–H groups in total. The normalized spacial score (nSPS) is 27.0. The van der Waals surface area contributed by atoms with E-state index in [1.54, 1.807) is 0 Å². The standard InChI is InChI=1S/C15H21ClN4O/c16-13-4-2-1-3-11(13)14-12(9-18-19-14)15(21)20-7-5-10(17)6-8-20/h1-4,10,12,14,18-19H,5-9,17H2. The number of carbonyl (C=O) groups excluding carboxylic acids is 1. The first-order valence-corrected chi connectivity index (χ1v) is 7.82. The maximum atomic E-state index is 12.8. The van der Waals surface area contributed by atoms with Gasteiger partial charge in [0.1, 0.15) is 0 Å². The zero-order valence-corrected chi connectivity index (χ0v) is 12.6. The van der Waals surface area contributed by atoms with Gasteiger partial charge in [-0.05, 0) is 24.5 Å².